The summed E-state index contributed by atoms with van der Waals surface area (Å²) in [6.07, 6.45) is 0. The van der Waals surface area contributed by atoms with E-state index >= 15 is 0 Å². The van der Waals surface area contributed by atoms with Crippen molar-refractivity contribution in [1.82, 2.24) is 15.2 Å². The topological polar surface area (TPSA) is 67.6 Å². The third-order valence-corrected chi connectivity index (χ3v) is 3.82. The fourth-order valence-corrected chi connectivity index (χ4v) is 2.49. The quantitative estimate of drug-likeness (QED) is 0.666. The molecule has 0 radical (unpaired) electrons. The molecule has 0 atom stereocenters. The summed E-state index contributed by atoms with van der Waals surface area (Å²) in [5, 5.41) is 8.58. The van der Waals surface area contributed by atoms with Gasteiger partial charge < -0.3 is 5.73 Å². The summed E-state index contributed by atoms with van der Waals surface area (Å²) in [5.41, 5.74) is 7.75. The minimum Gasteiger partial charge on any atom is -0.398 e. The molecular formula is C14H9Cl3N4. The molecule has 7 heteroatoms. The van der Waals surface area contributed by atoms with Gasteiger partial charge in [0, 0.05) is 16.1 Å². The molecule has 0 saturated carbocycles. The lowest BCUT2D eigenvalue weighted by Crippen LogP contribution is -1.88. The molecule has 0 aliphatic carbocycles. The Morgan fingerprint density at radius 1 is 0.952 bits per heavy atom. The highest BCUT2D eigenvalue weighted by molar-refractivity contribution is 6.36. The molecule has 0 saturated heterocycles. The van der Waals surface area contributed by atoms with Gasteiger partial charge in [0.15, 0.2) is 11.6 Å². The Morgan fingerprint density at radius 2 is 1.76 bits per heavy atom. The third-order valence-electron chi connectivity index (χ3n) is 2.93. The molecule has 0 amide bonds. The van der Waals surface area contributed by atoms with Gasteiger partial charge in [-0.1, -0.05) is 34.8 Å². The Labute approximate surface area is 135 Å². The summed E-state index contributed by atoms with van der Waals surface area (Å²) in [6, 6.07) is 10.4. The van der Waals surface area contributed by atoms with Gasteiger partial charge in [-0.15, -0.1) is 0 Å². The number of nitrogens with zero attached hydrogens (tertiary/aromatic N) is 2. The summed E-state index contributed by atoms with van der Waals surface area (Å²) >= 11 is 17.9. The highest BCUT2D eigenvalue weighted by atomic mass is 35.5. The van der Waals surface area contributed by atoms with Crippen molar-refractivity contribution < 1.29 is 0 Å². The van der Waals surface area contributed by atoms with Gasteiger partial charge in [0.25, 0.3) is 0 Å². The van der Waals surface area contributed by atoms with Crippen molar-refractivity contribution in [3.63, 3.8) is 0 Å². The number of nitrogens with one attached hydrogen (secondary N) is 1. The first kappa shape index (κ1) is 14.2. The molecule has 0 aliphatic rings. The van der Waals surface area contributed by atoms with Crippen LogP contribution in [0.25, 0.3) is 22.8 Å². The Morgan fingerprint density at radius 3 is 2.48 bits per heavy atom. The largest absolute Gasteiger partial charge is 0.398 e. The summed E-state index contributed by atoms with van der Waals surface area (Å²) in [7, 11) is 0. The fourth-order valence-electron chi connectivity index (χ4n) is 1.88. The predicted octanol–water partition coefficient (Wildman–Crippen LogP) is 4.68. The lowest BCUT2D eigenvalue weighted by molar-refractivity contribution is 1.10. The van der Waals surface area contributed by atoms with Crippen LogP contribution in [-0.4, -0.2) is 15.2 Å². The molecule has 0 spiro atoms. The summed E-state index contributed by atoms with van der Waals surface area (Å²) < 4.78 is 0. The number of nitrogen functional groups attached to an aromatic ring is 1. The van der Waals surface area contributed by atoms with Crippen LogP contribution in [0.1, 0.15) is 0 Å². The minimum atomic E-state index is 0.477. The van der Waals surface area contributed by atoms with Gasteiger partial charge in [0.05, 0.1) is 15.7 Å². The van der Waals surface area contributed by atoms with Crippen molar-refractivity contribution >= 4 is 40.5 Å². The van der Waals surface area contributed by atoms with Crippen LogP contribution in [0.2, 0.25) is 15.1 Å². The van der Waals surface area contributed by atoms with Crippen LogP contribution in [-0.2, 0) is 0 Å². The van der Waals surface area contributed by atoms with E-state index in [0.717, 1.165) is 11.1 Å². The second kappa shape index (κ2) is 5.56. The molecule has 4 nitrogen and oxygen atoms in total. The second-order valence-electron chi connectivity index (χ2n) is 4.37. The van der Waals surface area contributed by atoms with Gasteiger partial charge in [-0.2, -0.15) is 5.10 Å². The van der Waals surface area contributed by atoms with E-state index in [0.29, 0.717) is 32.4 Å². The van der Waals surface area contributed by atoms with Crippen molar-refractivity contribution in [2.45, 2.75) is 0 Å². The van der Waals surface area contributed by atoms with Crippen LogP contribution >= 0.6 is 34.8 Å². The maximum absolute atomic E-state index is 6.16. The first-order valence-electron chi connectivity index (χ1n) is 5.98. The first-order chi connectivity index (χ1) is 10.0. The van der Waals surface area contributed by atoms with Gasteiger partial charge in [-0.05, 0) is 36.4 Å². The highest BCUT2D eigenvalue weighted by Gasteiger charge is 2.11. The Kier molecular flexibility index (Phi) is 3.76. The van der Waals surface area contributed by atoms with E-state index in [1.165, 1.54) is 0 Å². The Bertz CT molecular complexity index is 814. The van der Waals surface area contributed by atoms with E-state index in [1.807, 2.05) is 0 Å². The summed E-state index contributed by atoms with van der Waals surface area (Å²) in [4.78, 5) is 4.42. The Hall–Kier alpha value is -1.75. The van der Waals surface area contributed by atoms with Crippen molar-refractivity contribution in [2.24, 2.45) is 0 Å². The van der Waals surface area contributed by atoms with Gasteiger partial charge >= 0.3 is 0 Å². The first-order valence-corrected chi connectivity index (χ1v) is 7.11. The lowest BCUT2D eigenvalue weighted by atomic mass is 10.2. The highest BCUT2D eigenvalue weighted by Crippen LogP contribution is 2.30. The van der Waals surface area contributed by atoms with Crippen LogP contribution < -0.4 is 5.73 Å². The number of aromatic amines is 1. The average Bonchev–Trinajstić information content (AvgIpc) is 2.91. The van der Waals surface area contributed by atoms with Gasteiger partial charge in [-0.25, -0.2) is 4.98 Å². The van der Waals surface area contributed by atoms with Crippen LogP contribution in [0.4, 0.5) is 5.69 Å². The molecule has 3 rings (SSSR count). The van der Waals surface area contributed by atoms with Gasteiger partial charge in [-0.3, -0.25) is 5.10 Å². The smallest absolute Gasteiger partial charge is 0.181 e. The van der Waals surface area contributed by atoms with Crippen LogP contribution in [0.15, 0.2) is 36.4 Å². The normalized spacial score (nSPS) is 10.8. The second-order valence-corrected chi connectivity index (χ2v) is 5.62. The van der Waals surface area contributed by atoms with Gasteiger partial charge in [0.2, 0.25) is 0 Å². The SMILES string of the molecule is Nc1cc(-c2n[nH]c(-c3ccc(Cl)cc3Cl)n2)ccc1Cl. The molecule has 21 heavy (non-hydrogen) atoms. The van der Waals surface area contributed by atoms with Crippen LogP contribution in [0.5, 0.6) is 0 Å². The molecule has 3 N–H and O–H groups in total. The molecule has 1 heterocycles. The standard InChI is InChI=1S/C14H9Cl3N4/c15-8-2-3-9(11(17)6-8)14-19-13(20-21-14)7-1-4-10(16)12(18)5-7/h1-6H,18H2,(H,19,20,21). The van der Waals surface area contributed by atoms with E-state index in [4.69, 9.17) is 40.5 Å². The minimum absolute atomic E-state index is 0.477. The van der Waals surface area contributed by atoms with Crippen molar-refractivity contribution in [3.8, 4) is 22.8 Å². The number of halogens is 3. The summed E-state index contributed by atoms with van der Waals surface area (Å²) in [6.45, 7) is 0. The van der Waals surface area contributed by atoms with E-state index in [-0.39, 0.29) is 0 Å². The zero-order valence-corrected chi connectivity index (χ0v) is 12.8. The zero-order chi connectivity index (χ0) is 15.0. The predicted molar refractivity (Wildman–Crippen MR) is 86.7 cm³/mol. The van der Waals surface area contributed by atoms with E-state index in [9.17, 15) is 0 Å². The number of nitrogens with two attached hydrogens (primary N) is 1. The number of benzene rings is 2. The average molecular weight is 340 g/mol. The van der Waals surface area contributed by atoms with Crippen LogP contribution in [0, 0.1) is 0 Å². The molecule has 106 valence electrons. The summed E-state index contributed by atoms with van der Waals surface area (Å²) in [5.74, 6) is 1.07. The Balaban J connectivity index is 2.01. The monoisotopic (exact) mass is 338 g/mol. The number of aromatic nitrogens is 3. The number of hydrogen-bond acceptors (Lipinski definition) is 3. The number of hydrogen-bond donors (Lipinski definition) is 2. The number of anilines is 1. The maximum atomic E-state index is 6.16. The van der Waals surface area contributed by atoms with Crippen molar-refractivity contribution in [3.05, 3.63) is 51.5 Å². The maximum Gasteiger partial charge on any atom is 0.181 e. The number of rotatable bonds is 2. The van der Waals surface area contributed by atoms with Crippen molar-refractivity contribution in [1.29, 1.82) is 0 Å². The van der Waals surface area contributed by atoms with Gasteiger partial charge in [0.1, 0.15) is 0 Å². The van der Waals surface area contributed by atoms with E-state index < -0.39 is 0 Å². The molecule has 1 aromatic heterocycles. The fraction of sp³-hybridized carbons (Fsp3) is 0. The molecule has 0 bridgehead atoms. The third kappa shape index (κ3) is 2.83. The molecule has 0 unspecified atom stereocenters. The molecule has 0 aliphatic heterocycles. The molecule has 2 aromatic carbocycles. The van der Waals surface area contributed by atoms with E-state index in [2.05, 4.69) is 15.2 Å². The molecular weight excluding hydrogens is 331 g/mol. The zero-order valence-electron chi connectivity index (χ0n) is 10.6. The van der Waals surface area contributed by atoms with E-state index in [1.54, 1.807) is 36.4 Å². The lowest BCUT2D eigenvalue weighted by Gasteiger charge is -2.01. The number of H-pyrrole nitrogens is 1. The molecule has 0 fully saturated rings. The van der Waals surface area contributed by atoms with Crippen LogP contribution in [0.3, 0.4) is 0 Å². The van der Waals surface area contributed by atoms with Crippen molar-refractivity contribution in [2.75, 3.05) is 5.73 Å². The molecule has 3 aromatic rings.